The lowest BCUT2D eigenvalue weighted by atomic mass is 10.2. The molecule has 1 aromatic carbocycles. The van der Waals surface area contributed by atoms with Gasteiger partial charge in [-0.1, -0.05) is 12.1 Å². The zero-order chi connectivity index (χ0) is 14.8. The van der Waals surface area contributed by atoms with E-state index in [1.54, 1.807) is 18.2 Å². The molecule has 0 saturated heterocycles. The Morgan fingerprint density at radius 2 is 2.19 bits per heavy atom. The van der Waals surface area contributed by atoms with Gasteiger partial charge in [-0.3, -0.25) is 4.79 Å². The van der Waals surface area contributed by atoms with Crippen molar-refractivity contribution >= 4 is 17.2 Å². The minimum Gasteiger partial charge on any atom is -0.508 e. The highest BCUT2D eigenvalue weighted by atomic mass is 16.3. The fourth-order valence-corrected chi connectivity index (χ4v) is 2.24. The molecular formula is C16H15N3O2. The molecule has 5 nitrogen and oxygen atoms in total. The van der Waals surface area contributed by atoms with Crippen LogP contribution in [0.4, 0.5) is 5.69 Å². The van der Waals surface area contributed by atoms with E-state index in [1.807, 2.05) is 35.9 Å². The van der Waals surface area contributed by atoms with Crippen molar-refractivity contribution in [3.05, 3.63) is 60.0 Å². The number of aryl methyl sites for hydroxylation is 1. The Balaban J connectivity index is 1.75. The smallest absolute Gasteiger partial charge is 0.230 e. The minimum atomic E-state index is -0.165. The lowest BCUT2D eigenvalue weighted by Crippen LogP contribution is -2.14. The van der Waals surface area contributed by atoms with E-state index in [0.29, 0.717) is 11.4 Å². The summed E-state index contributed by atoms with van der Waals surface area (Å²) >= 11 is 0. The van der Waals surface area contributed by atoms with Crippen LogP contribution in [0.15, 0.2) is 48.8 Å². The third kappa shape index (κ3) is 2.86. The highest BCUT2D eigenvalue weighted by molar-refractivity contribution is 5.92. The number of phenols is 1. The molecule has 0 saturated carbocycles. The van der Waals surface area contributed by atoms with E-state index < -0.39 is 0 Å². The molecule has 0 bridgehead atoms. The summed E-state index contributed by atoms with van der Waals surface area (Å²) in [5, 5.41) is 12.1. The molecule has 21 heavy (non-hydrogen) atoms. The lowest BCUT2D eigenvalue weighted by Gasteiger charge is -2.03. The number of carbonyl (C=O) groups is 1. The van der Waals surface area contributed by atoms with Crippen LogP contribution in [0, 0.1) is 6.92 Å². The molecule has 0 aliphatic carbocycles. The van der Waals surface area contributed by atoms with Gasteiger partial charge in [0, 0.05) is 24.1 Å². The normalized spacial score (nSPS) is 10.7. The topological polar surface area (TPSA) is 66.6 Å². The first-order valence-electron chi connectivity index (χ1n) is 6.64. The summed E-state index contributed by atoms with van der Waals surface area (Å²) in [7, 11) is 0. The van der Waals surface area contributed by atoms with Crippen LogP contribution >= 0.6 is 0 Å². The number of aromatic hydroxyl groups is 1. The van der Waals surface area contributed by atoms with Gasteiger partial charge < -0.3 is 14.8 Å². The second-order valence-corrected chi connectivity index (χ2v) is 4.93. The zero-order valence-electron chi connectivity index (χ0n) is 11.6. The van der Waals surface area contributed by atoms with Crippen LogP contribution in [0.2, 0.25) is 0 Å². The van der Waals surface area contributed by atoms with E-state index in [1.165, 1.54) is 6.07 Å². The van der Waals surface area contributed by atoms with Gasteiger partial charge >= 0.3 is 0 Å². The van der Waals surface area contributed by atoms with Crippen LogP contribution < -0.4 is 5.32 Å². The van der Waals surface area contributed by atoms with E-state index in [4.69, 9.17) is 0 Å². The quantitative estimate of drug-likeness (QED) is 0.775. The standard InChI is InChI=1S/C16H15N3O2/c1-11-4-3-7-19-10-13(18-16(11)19)9-15(21)17-12-5-2-6-14(20)8-12/h2-8,10,20H,9H2,1H3,(H,17,21). The van der Waals surface area contributed by atoms with Gasteiger partial charge in [-0.25, -0.2) is 4.98 Å². The molecule has 2 heterocycles. The second-order valence-electron chi connectivity index (χ2n) is 4.93. The Morgan fingerprint density at radius 1 is 1.33 bits per heavy atom. The third-order valence-corrected chi connectivity index (χ3v) is 3.20. The minimum absolute atomic E-state index is 0.121. The number of hydrogen-bond acceptors (Lipinski definition) is 3. The number of imidazole rings is 1. The van der Waals surface area contributed by atoms with Gasteiger partial charge in [-0.05, 0) is 30.7 Å². The average molecular weight is 281 g/mol. The van der Waals surface area contributed by atoms with E-state index in [2.05, 4.69) is 10.3 Å². The molecule has 3 aromatic rings. The molecule has 5 heteroatoms. The first-order valence-corrected chi connectivity index (χ1v) is 6.64. The van der Waals surface area contributed by atoms with Crippen LogP contribution in [0.1, 0.15) is 11.3 Å². The SMILES string of the molecule is Cc1cccn2cc(CC(=O)Nc3cccc(O)c3)nc12. The van der Waals surface area contributed by atoms with Crippen molar-refractivity contribution in [2.24, 2.45) is 0 Å². The molecule has 0 aliphatic heterocycles. The molecule has 1 amide bonds. The van der Waals surface area contributed by atoms with E-state index in [0.717, 1.165) is 11.2 Å². The molecule has 0 spiro atoms. The number of rotatable bonds is 3. The molecule has 0 unspecified atom stereocenters. The number of anilines is 1. The Morgan fingerprint density at radius 3 is 2.95 bits per heavy atom. The maximum Gasteiger partial charge on any atom is 0.230 e. The molecule has 2 N–H and O–H groups in total. The largest absolute Gasteiger partial charge is 0.508 e. The van der Waals surface area contributed by atoms with Gasteiger partial charge in [0.2, 0.25) is 5.91 Å². The number of hydrogen-bond donors (Lipinski definition) is 2. The second kappa shape index (κ2) is 5.28. The van der Waals surface area contributed by atoms with Crippen molar-refractivity contribution in [1.29, 1.82) is 0 Å². The summed E-state index contributed by atoms with van der Waals surface area (Å²) < 4.78 is 1.91. The van der Waals surface area contributed by atoms with Gasteiger partial charge in [-0.2, -0.15) is 0 Å². The van der Waals surface area contributed by atoms with Crippen molar-refractivity contribution < 1.29 is 9.90 Å². The molecule has 106 valence electrons. The summed E-state index contributed by atoms with van der Waals surface area (Å²) in [6.45, 7) is 1.99. The summed E-state index contributed by atoms with van der Waals surface area (Å²) in [5.41, 5.74) is 3.21. The molecule has 0 aliphatic rings. The van der Waals surface area contributed by atoms with Crippen molar-refractivity contribution in [2.75, 3.05) is 5.32 Å². The number of nitrogens with zero attached hydrogens (tertiary/aromatic N) is 2. The molecule has 2 aromatic heterocycles. The molecular weight excluding hydrogens is 266 g/mol. The summed E-state index contributed by atoms with van der Waals surface area (Å²) in [5.74, 6) is -0.0437. The highest BCUT2D eigenvalue weighted by Crippen LogP contribution is 2.16. The molecule has 0 atom stereocenters. The fourth-order valence-electron chi connectivity index (χ4n) is 2.24. The first-order chi connectivity index (χ1) is 10.1. The van der Waals surface area contributed by atoms with Gasteiger partial charge in [0.15, 0.2) is 0 Å². The Bertz CT molecular complexity index is 808. The van der Waals surface area contributed by atoms with Crippen LogP contribution in [-0.2, 0) is 11.2 Å². The van der Waals surface area contributed by atoms with E-state index in [-0.39, 0.29) is 18.1 Å². The van der Waals surface area contributed by atoms with Crippen LogP contribution in [0.5, 0.6) is 5.75 Å². The summed E-state index contributed by atoms with van der Waals surface area (Å²) in [4.78, 5) is 16.5. The fraction of sp³-hybridized carbons (Fsp3) is 0.125. The first kappa shape index (κ1) is 13.2. The molecule has 0 radical (unpaired) electrons. The third-order valence-electron chi connectivity index (χ3n) is 3.20. The predicted molar refractivity (Wildman–Crippen MR) is 80.4 cm³/mol. The van der Waals surface area contributed by atoms with Gasteiger partial charge in [0.25, 0.3) is 0 Å². The predicted octanol–water partition coefficient (Wildman–Crippen LogP) is 2.53. The number of phenolic OH excluding ortho intramolecular Hbond substituents is 1. The molecule has 0 fully saturated rings. The highest BCUT2D eigenvalue weighted by Gasteiger charge is 2.09. The maximum atomic E-state index is 12.0. The number of nitrogens with one attached hydrogen (secondary N) is 1. The maximum absolute atomic E-state index is 12.0. The van der Waals surface area contributed by atoms with E-state index >= 15 is 0 Å². The van der Waals surface area contributed by atoms with Gasteiger partial charge in [0.1, 0.15) is 11.4 Å². The van der Waals surface area contributed by atoms with Crippen LogP contribution in [-0.4, -0.2) is 20.4 Å². The van der Waals surface area contributed by atoms with Crippen LogP contribution in [0.25, 0.3) is 5.65 Å². The number of pyridine rings is 1. The Labute approximate surface area is 121 Å². The Kier molecular flexibility index (Phi) is 3.31. The van der Waals surface area contributed by atoms with Crippen molar-refractivity contribution in [1.82, 2.24) is 9.38 Å². The van der Waals surface area contributed by atoms with Crippen molar-refractivity contribution in [3.63, 3.8) is 0 Å². The number of amides is 1. The van der Waals surface area contributed by atoms with E-state index in [9.17, 15) is 9.90 Å². The number of aromatic nitrogens is 2. The van der Waals surface area contributed by atoms with Crippen molar-refractivity contribution in [3.8, 4) is 5.75 Å². The van der Waals surface area contributed by atoms with Gasteiger partial charge in [0.05, 0.1) is 12.1 Å². The zero-order valence-corrected chi connectivity index (χ0v) is 11.6. The Hall–Kier alpha value is -2.82. The van der Waals surface area contributed by atoms with Crippen LogP contribution in [0.3, 0.4) is 0 Å². The number of benzene rings is 1. The molecule has 3 rings (SSSR count). The summed E-state index contributed by atoms with van der Waals surface area (Å²) in [6.07, 6.45) is 3.95. The van der Waals surface area contributed by atoms with Gasteiger partial charge in [-0.15, -0.1) is 0 Å². The summed E-state index contributed by atoms with van der Waals surface area (Å²) in [6, 6.07) is 10.4. The number of carbonyl (C=O) groups excluding carboxylic acids is 1. The van der Waals surface area contributed by atoms with Crippen molar-refractivity contribution in [2.45, 2.75) is 13.3 Å². The average Bonchev–Trinajstić information content (AvgIpc) is 2.82. The number of fused-ring (bicyclic) bond motifs is 1. The lowest BCUT2D eigenvalue weighted by molar-refractivity contribution is -0.115. The monoisotopic (exact) mass is 281 g/mol.